The summed E-state index contributed by atoms with van der Waals surface area (Å²) in [5, 5.41) is 20.4. The van der Waals surface area contributed by atoms with Crippen LogP contribution in [-0.2, 0) is 9.59 Å². The van der Waals surface area contributed by atoms with Crippen LogP contribution in [0.5, 0.6) is 0 Å². The van der Waals surface area contributed by atoms with Gasteiger partial charge in [0, 0.05) is 32.6 Å². The van der Waals surface area contributed by atoms with Crippen LogP contribution in [0.15, 0.2) is 6.20 Å². The van der Waals surface area contributed by atoms with Crippen LogP contribution in [0.3, 0.4) is 0 Å². The Morgan fingerprint density at radius 1 is 1.27 bits per heavy atom. The predicted octanol–water partition coefficient (Wildman–Crippen LogP) is -0.755. The van der Waals surface area contributed by atoms with Crippen molar-refractivity contribution in [3.8, 4) is 0 Å². The van der Waals surface area contributed by atoms with Crippen molar-refractivity contribution in [1.29, 1.82) is 0 Å². The lowest BCUT2D eigenvalue weighted by atomic mass is 10.1. The number of carboxylic acids is 1. The minimum Gasteiger partial charge on any atom is -0.481 e. The summed E-state index contributed by atoms with van der Waals surface area (Å²) in [6.45, 7) is 3.28. The monoisotopic (exact) mass is 367 g/mol. The number of unbranched alkanes of at least 4 members (excludes halogenated alkanes) is 1. The summed E-state index contributed by atoms with van der Waals surface area (Å²) in [5.74, 6) is -1.07. The molecule has 0 bridgehead atoms. The van der Waals surface area contributed by atoms with Crippen molar-refractivity contribution in [3.05, 3.63) is 11.9 Å². The third-order valence-electron chi connectivity index (χ3n) is 4.54. The average Bonchev–Trinajstić information content (AvgIpc) is 3.12. The molecule has 0 saturated carbocycles. The Balaban J connectivity index is 2.09. The van der Waals surface area contributed by atoms with Crippen molar-refractivity contribution in [2.24, 2.45) is 11.5 Å². The number of hydrogen-bond donors (Lipinski definition) is 4. The summed E-state index contributed by atoms with van der Waals surface area (Å²) >= 11 is 0. The lowest BCUT2D eigenvalue weighted by Gasteiger charge is -2.30. The maximum Gasteiger partial charge on any atom is 0.303 e. The second kappa shape index (κ2) is 10.2. The number of carbonyl (C=O) groups excluding carboxylic acids is 1. The number of carbonyl (C=O) groups is 2. The van der Waals surface area contributed by atoms with Crippen LogP contribution < -0.4 is 16.8 Å². The molecule has 0 aromatic carbocycles. The highest BCUT2D eigenvalue weighted by molar-refractivity contribution is 5.81. The lowest BCUT2D eigenvalue weighted by molar-refractivity contribution is -0.139. The maximum atomic E-state index is 12.9. The number of aromatic nitrogens is 3. The largest absolute Gasteiger partial charge is 0.481 e. The van der Waals surface area contributed by atoms with Crippen molar-refractivity contribution in [2.75, 3.05) is 32.7 Å². The fraction of sp³-hybridized carbons (Fsp3) is 0.750. The highest BCUT2D eigenvalue weighted by atomic mass is 16.4. The van der Waals surface area contributed by atoms with Crippen LogP contribution in [0, 0.1) is 0 Å². The van der Waals surface area contributed by atoms with Gasteiger partial charge in [-0.1, -0.05) is 11.6 Å². The van der Waals surface area contributed by atoms with Crippen molar-refractivity contribution in [2.45, 2.75) is 44.2 Å². The molecule has 2 rings (SSSR count). The fourth-order valence-electron chi connectivity index (χ4n) is 2.99. The number of aliphatic carboxylic acids is 1. The van der Waals surface area contributed by atoms with Crippen molar-refractivity contribution < 1.29 is 14.7 Å². The highest BCUT2D eigenvalue weighted by Crippen LogP contribution is 2.20. The van der Waals surface area contributed by atoms with Crippen molar-refractivity contribution >= 4 is 11.9 Å². The number of nitrogens with one attached hydrogen (secondary N) is 1. The van der Waals surface area contributed by atoms with Crippen LogP contribution >= 0.6 is 0 Å². The van der Waals surface area contributed by atoms with Crippen molar-refractivity contribution in [1.82, 2.24) is 25.2 Å². The van der Waals surface area contributed by atoms with Gasteiger partial charge in [0.15, 0.2) is 0 Å². The summed E-state index contributed by atoms with van der Waals surface area (Å²) in [6, 6.07) is -0.952. The minimum atomic E-state index is -0.943. The van der Waals surface area contributed by atoms with Crippen LogP contribution in [0.4, 0.5) is 0 Å². The molecule has 10 nitrogen and oxygen atoms in total. The van der Waals surface area contributed by atoms with E-state index in [4.69, 9.17) is 16.6 Å². The Morgan fingerprint density at radius 2 is 2.00 bits per heavy atom. The Labute approximate surface area is 152 Å². The predicted molar refractivity (Wildman–Crippen MR) is 95.2 cm³/mol. The first-order chi connectivity index (χ1) is 12.5. The van der Waals surface area contributed by atoms with Crippen molar-refractivity contribution in [3.63, 3.8) is 0 Å². The molecular weight excluding hydrogens is 338 g/mol. The van der Waals surface area contributed by atoms with E-state index in [9.17, 15) is 9.59 Å². The summed E-state index contributed by atoms with van der Waals surface area (Å²) in [6.07, 6.45) is 4.25. The Hall–Kier alpha value is -2.04. The molecule has 2 heterocycles. The van der Waals surface area contributed by atoms with E-state index in [1.165, 1.54) is 4.68 Å². The van der Waals surface area contributed by atoms with Gasteiger partial charge in [-0.05, 0) is 25.8 Å². The molecule has 0 aliphatic carbocycles. The molecule has 0 radical (unpaired) electrons. The van der Waals surface area contributed by atoms with Gasteiger partial charge in [0.25, 0.3) is 0 Å². The van der Waals surface area contributed by atoms with Crippen LogP contribution in [0.2, 0.25) is 0 Å². The topological polar surface area (TPSA) is 152 Å². The van der Waals surface area contributed by atoms with E-state index in [1.807, 2.05) is 0 Å². The zero-order chi connectivity index (χ0) is 18.9. The molecule has 6 N–H and O–H groups in total. The molecular formula is C16H29N7O3. The van der Waals surface area contributed by atoms with Crippen LogP contribution in [-0.4, -0.2) is 69.6 Å². The number of amides is 1. The number of rotatable bonds is 10. The van der Waals surface area contributed by atoms with E-state index >= 15 is 0 Å². The Kier molecular flexibility index (Phi) is 7.95. The zero-order valence-corrected chi connectivity index (χ0v) is 15.0. The smallest absolute Gasteiger partial charge is 0.303 e. The Bertz CT molecular complexity index is 586. The van der Waals surface area contributed by atoms with E-state index in [0.29, 0.717) is 25.3 Å². The first kappa shape index (κ1) is 20.3. The normalized spacial score (nSPS) is 17.1. The molecule has 1 aliphatic heterocycles. The van der Waals surface area contributed by atoms with E-state index in [1.54, 1.807) is 11.1 Å². The Morgan fingerprint density at radius 3 is 2.65 bits per heavy atom. The van der Waals surface area contributed by atoms with Gasteiger partial charge >= 0.3 is 5.97 Å². The third-order valence-corrected chi connectivity index (χ3v) is 4.54. The summed E-state index contributed by atoms with van der Waals surface area (Å²) < 4.78 is 1.46. The standard InChI is InChI=1S/C16H29N7O3/c17-6-2-1-3-12(18)13-11-23(21-20-13)14(4-5-15(24)25)16(26)22-9-7-19-8-10-22/h11-12,14,19H,1-10,17-18H2,(H,24,25). The molecule has 2 atom stereocenters. The molecule has 1 aromatic rings. The molecule has 1 aromatic heterocycles. The van der Waals surface area contributed by atoms with Gasteiger partial charge in [-0.15, -0.1) is 5.10 Å². The molecule has 26 heavy (non-hydrogen) atoms. The van der Waals surface area contributed by atoms with E-state index in [-0.39, 0.29) is 24.8 Å². The van der Waals surface area contributed by atoms with E-state index in [2.05, 4.69) is 15.6 Å². The third kappa shape index (κ3) is 5.75. The van der Waals surface area contributed by atoms with Gasteiger partial charge in [0.05, 0.1) is 17.9 Å². The molecule has 2 unspecified atom stereocenters. The number of hydrogen-bond acceptors (Lipinski definition) is 7. The minimum absolute atomic E-state index is 0.111. The molecule has 0 spiro atoms. The highest BCUT2D eigenvalue weighted by Gasteiger charge is 2.29. The van der Waals surface area contributed by atoms with Crippen LogP contribution in [0.25, 0.3) is 0 Å². The summed E-state index contributed by atoms with van der Waals surface area (Å²) in [5.41, 5.74) is 12.2. The van der Waals surface area contributed by atoms with E-state index < -0.39 is 12.0 Å². The van der Waals surface area contributed by atoms with E-state index in [0.717, 1.165) is 32.4 Å². The number of nitrogens with two attached hydrogens (primary N) is 2. The van der Waals surface area contributed by atoms with Gasteiger partial charge in [0.1, 0.15) is 6.04 Å². The SMILES string of the molecule is NCCCCC(N)c1cn(C(CCC(=O)O)C(=O)N2CCNCC2)nn1. The first-order valence-corrected chi connectivity index (χ1v) is 9.11. The molecule has 1 aliphatic rings. The second-order valence-corrected chi connectivity index (χ2v) is 6.54. The molecule has 1 fully saturated rings. The van der Waals surface area contributed by atoms with Crippen LogP contribution in [0.1, 0.15) is 49.9 Å². The van der Waals surface area contributed by atoms with Gasteiger partial charge in [0.2, 0.25) is 5.91 Å². The molecule has 1 amide bonds. The number of piperazine rings is 1. The average molecular weight is 367 g/mol. The number of carboxylic acid groups (broad SMARTS) is 1. The van der Waals surface area contributed by atoms with Gasteiger partial charge in [-0.2, -0.15) is 0 Å². The quantitative estimate of drug-likeness (QED) is 0.394. The van der Waals surface area contributed by atoms with Gasteiger partial charge in [-0.3, -0.25) is 9.59 Å². The fourth-order valence-corrected chi connectivity index (χ4v) is 2.99. The number of nitrogens with zero attached hydrogens (tertiary/aromatic N) is 4. The van der Waals surface area contributed by atoms with Gasteiger partial charge < -0.3 is 26.8 Å². The molecule has 10 heteroatoms. The summed E-state index contributed by atoms with van der Waals surface area (Å²) in [4.78, 5) is 25.6. The lowest BCUT2D eigenvalue weighted by Crippen LogP contribution is -2.48. The molecule has 1 saturated heterocycles. The molecule has 146 valence electrons. The first-order valence-electron chi connectivity index (χ1n) is 9.11. The zero-order valence-electron chi connectivity index (χ0n) is 15.0. The maximum absolute atomic E-state index is 12.9. The second-order valence-electron chi connectivity index (χ2n) is 6.54. The van der Waals surface area contributed by atoms with Gasteiger partial charge in [-0.25, -0.2) is 4.68 Å². The summed E-state index contributed by atoms with van der Waals surface area (Å²) in [7, 11) is 0.